The zero-order valence-electron chi connectivity index (χ0n) is 23.8. The molecular formula is C31H30F4N4O4S. The van der Waals surface area contributed by atoms with Crippen LogP contribution in [0, 0.1) is 5.13 Å². The Morgan fingerprint density at radius 1 is 0.932 bits per heavy atom. The van der Waals surface area contributed by atoms with Crippen LogP contribution in [0.25, 0.3) is 11.3 Å². The molecule has 0 fully saturated rings. The van der Waals surface area contributed by atoms with Crippen molar-refractivity contribution in [2.24, 2.45) is 0 Å². The summed E-state index contributed by atoms with van der Waals surface area (Å²) in [4.78, 5) is 38.2. The Bertz CT molecular complexity index is 1530. The summed E-state index contributed by atoms with van der Waals surface area (Å²) in [5, 5.41) is -1.08. The van der Waals surface area contributed by atoms with E-state index in [0.29, 0.717) is 23.3 Å². The molecule has 0 aliphatic heterocycles. The molecule has 1 aromatic carbocycles. The van der Waals surface area contributed by atoms with Gasteiger partial charge in [-0.05, 0) is 54.8 Å². The number of aryl methyl sites for hydroxylation is 1. The van der Waals surface area contributed by atoms with Gasteiger partial charge < -0.3 is 9.47 Å². The van der Waals surface area contributed by atoms with E-state index in [4.69, 9.17) is 9.47 Å². The number of aromatic nitrogens is 3. The summed E-state index contributed by atoms with van der Waals surface area (Å²) in [6.45, 7) is 1.22. The molecule has 0 saturated carbocycles. The molecule has 13 heteroatoms. The summed E-state index contributed by atoms with van der Waals surface area (Å²) in [5.74, 6) is -0.838. The van der Waals surface area contributed by atoms with Gasteiger partial charge in [-0.15, -0.1) is 0 Å². The lowest BCUT2D eigenvalue weighted by molar-refractivity contribution is -0.138. The molecule has 0 unspecified atom stereocenters. The molecule has 3 aromatic heterocycles. The van der Waals surface area contributed by atoms with Gasteiger partial charge in [0.25, 0.3) is 0 Å². The van der Waals surface area contributed by atoms with Crippen LogP contribution in [0.1, 0.15) is 66.9 Å². The first kappa shape index (κ1) is 32.5. The zero-order chi connectivity index (χ0) is 31.5. The molecule has 232 valence electrons. The SMILES string of the molecule is CCCCCCCCc1ccc(N(C(=O)OCOC(=O)c2cccnc2)c2nc(-c3cccnc3)c(F)s2)cc1C(F)(F)F. The van der Waals surface area contributed by atoms with Crippen LogP contribution in [-0.4, -0.2) is 33.8 Å². The van der Waals surface area contributed by atoms with E-state index in [2.05, 4.69) is 21.9 Å². The molecule has 3 heterocycles. The number of pyridine rings is 2. The number of halogens is 4. The molecular weight excluding hydrogens is 600 g/mol. The number of rotatable bonds is 13. The van der Waals surface area contributed by atoms with E-state index in [0.717, 1.165) is 43.1 Å². The van der Waals surface area contributed by atoms with Gasteiger partial charge in [0.2, 0.25) is 17.1 Å². The average Bonchev–Trinajstić information content (AvgIpc) is 3.40. The molecule has 4 rings (SSSR count). The maximum absolute atomic E-state index is 15.1. The van der Waals surface area contributed by atoms with E-state index in [9.17, 15) is 22.8 Å². The number of unbranched alkanes of at least 4 members (excludes halogenated alkanes) is 5. The number of thiazole rings is 1. The molecule has 0 atom stereocenters. The minimum atomic E-state index is -4.72. The van der Waals surface area contributed by atoms with E-state index >= 15 is 4.39 Å². The van der Waals surface area contributed by atoms with Gasteiger partial charge in [0, 0.05) is 30.4 Å². The van der Waals surface area contributed by atoms with Crippen LogP contribution in [0.5, 0.6) is 0 Å². The average molecular weight is 631 g/mol. The summed E-state index contributed by atoms with van der Waals surface area (Å²) in [5.41, 5.74) is -0.838. The Kier molecular flexibility index (Phi) is 11.4. The molecule has 0 radical (unpaired) electrons. The fourth-order valence-corrected chi connectivity index (χ4v) is 5.24. The third-order valence-corrected chi connectivity index (χ3v) is 7.44. The monoisotopic (exact) mass is 630 g/mol. The Balaban J connectivity index is 1.62. The van der Waals surface area contributed by atoms with Crippen molar-refractivity contribution in [1.29, 1.82) is 0 Å². The molecule has 0 aliphatic rings. The van der Waals surface area contributed by atoms with Gasteiger partial charge in [-0.2, -0.15) is 17.6 Å². The van der Waals surface area contributed by atoms with Crippen molar-refractivity contribution >= 4 is 34.2 Å². The number of hydrogen-bond acceptors (Lipinski definition) is 8. The maximum Gasteiger partial charge on any atom is 0.423 e. The van der Waals surface area contributed by atoms with Crippen LogP contribution in [0.2, 0.25) is 0 Å². The third-order valence-electron chi connectivity index (χ3n) is 6.61. The summed E-state index contributed by atoms with van der Waals surface area (Å²) >= 11 is 0.440. The van der Waals surface area contributed by atoms with Gasteiger partial charge in [-0.3, -0.25) is 9.97 Å². The predicted molar refractivity (Wildman–Crippen MR) is 157 cm³/mol. The fourth-order valence-electron chi connectivity index (χ4n) is 4.41. The van der Waals surface area contributed by atoms with Crippen LogP contribution in [0.15, 0.2) is 67.3 Å². The highest BCUT2D eigenvalue weighted by atomic mass is 32.1. The van der Waals surface area contributed by atoms with Gasteiger partial charge in [-0.1, -0.05) is 56.4 Å². The molecule has 4 aromatic rings. The van der Waals surface area contributed by atoms with Crippen molar-refractivity contribution in [3.05, 3.63) is 89.1 Å². The van der Waals surface area contributed by atoms with Crippen molar-refractivity contribution in [2.45, 2.75) is 58.0 Å². The molecule has 8 nitrogen and oxygen atoms in total. The first-order valence-corrected chi connectivity index (χ1v) is 14.8. The molecule has 1 amide bonds. The molecule has 0 bridgehead atoms. The van der Waals surface area contributed by atoms with Crippen molar-refractivity contribution in [1.82, 2.24) is 15.0 Å². The van der Waals surface area contributed by atoms with Crippen molar-refractivity contribution in [3.63, 3.8) is 0 Å². The number of nitrogens with zero attached hydrogens (tertiary/aromatic N) is 4. The second-order valence-corrected chi connectivity index (χ2v) is 10.7. The number of benzene rings is 1. The first-order valence-electron chi connectivity index (χ1n) is 14.0. The minimum absolute atomic E-state index is 0.0804. The maximum atomic E-state index is 15.1. The quantitative estimate of drug-likeness (QED) is 0.0631. The van der Waals surface area contributed by atoms with Crippen molar-refractivity contribution in [3.8, 4) is 11.3 Å². The van der Waals surface area contributed by atoms with Gasteiger partial charge in [0.05, 0.1) is 16.8 Å². The summed E-state index contributed by atoms with van der Waals surface area (Å²) < 4.78 is 67.8. The van der Waals surface area contributed by atoms with Crippen LogP contribution in [-0.2, 0) is 22.1 Å². The van der Waals surface area contributed by atoms with Crippen molar-refractivity contribution in [2.75, 3.05) is 11.7 Å². The molecule has 0 spiro atoms. The first-order chi connectivity index (χ1) is 21.2. The number of amides is 1. The van der Waals surface area contributed by atoms with Crippen LogP contribution in [0.4, 0.5) is 33.2 Å². The summed E-state index contributed by atoms with van der Waals surface area (Å²) in [7, 11) is 0. The Morgan fingerprint density at radius 3 is 2.34 bits per heavy atom. The van der Waals surface area contributed by atoms with E-state index < -0.39 is 35.7 Å². The zero-order valence-corrected chi connectivity index (χ0v) is 24.7. The number of carbonyl (C=O) groups excluding carboxylic acids is 2. The smallest absolute Gasteiger partial charge is 0.423 e. The standard InChI is InChI=1S/C31H30F4N4O4S/c1-2-3-4-5-6-7-10-21-13-14-24(17-25(21)31(33,34)35)39(29-38-26(27(32)44-29)22-11-8-15-36-18-22)30(41)43-20-42-28(40)23-12-9-16-37-19-23/h8-9,11-19H,2-7,10,20H2,1H3. The predicted octanol–water partition coefficient (Wildman–Crippen LogP) is 8.75. The van der Waals surface area contributed by atoms with Gasteiger partial charge in [-0.25, -0.2) is 19.5 Å². The summed E-state index contributed by atoms with van der Waals surface area (Å²) in [6, 6.07) is 9.51. The topological polar surface area (TPSA) is 94.5 Å². The second kappa shape index (κ2) is 15.4. The Morgan fingerprint density at radius 2 is 1.66 bits per heavy atom. The number of alkyl halides is 3. The molecule has 0 aliphatic carbocycles. The normalized spacial score (nSPS) is 11.3. The second-order valence-electron chi connectivity index (χ2n) is 9.75. The number of carbonyl (C=O) groups is 2. The third kappa shape index (κ3) is 8.59. The van der Waals surface area contributed by atoms with E-state index in [1.807, 2.05) is 0 Å². The lowest BCUT2D eigenvalue weighted by atomic mass is 9.99. The highest BCUT2D eigenvalue weighted by molar-refractivity contribution is 7.14. The lowest BCUT2D eigenvalue weighted by Gasteiger charge is -2.22. The number of anilines is 2. The number of esters is 1. The highest BCUT2D eigenvalue weighted by Gasteiger charge is 2.35. The van der Waals surface area contributed by atoms with Gasteiger partial charge in [0.1, 0.15) is 5.69 Å². The lowest BCUT2D eigenvalue weighted by Crippen LogP contribution is -2.28. The molecule has 0 N–H and O–H groups in total. The van der Waals surface area contributed by atoms with E-state index in [-0.39, 0.29) is 34.1 Å². The Hall–Kier alpha value is -4.39. The Labute approximate surface area is 255 Å². The largest absolute Gasteiger partial charge is 0.424 e. The molecule has 0 saturated heterocycles. The number of ether oxygens (including phenoxy) is 2. The van der Waals surface area contributed by atoms with Crippen LogP contribution < -0.4 is 4.90 Å². The molecule has 44 heavy (non-hydrogen) atoms. The van der Waals surface area contributed by atoms with Crippen LogP contribution in [0.3, 0.4) is 0 Å². The summed E-state index contributed by atoms with van der Waals surface area (Å²) in [6.07, 6.45) is 5.28. The van der Waals surface area contributed by atoms with Gasteiger partial charge >= 0.3 is 18.2 Å². The van der Waals surface area contributed by atoms with Crippen molar-refractivity contribution < 1.29 is 36.6 Å². The minimum Gasteiger partial charge on any atom is -0.424 e. The number of hydrogen-bond donors (Lipinski definition) is 0. The fraction of sp³-hybridized carbons (Fsp3) is 0.323. The highest BCUT2D eigenvalue weighted by Crippen LogP contribution is 2.40. The van der Waals surface area contributed by atoms with E-state index in [1.54, 1.807) is 12.1 Å². The van der Waals surface area contributed by atoms with E-state index in [1.165, 1.54) is 49.1 Å². The van der Waals surface area contributed by atoms with Crippen LogP contribution >= 0.6 is 11.3 Å². The van der Waals surface area contributed by atoms with Gasteiger partial charge in [0.15, 0.2) is 0 Å².